The number of hydrogen-bond donors (Lipinski definition) is 2. The Labute approximate surface area is 198 Å². The van der Waals surface area contributed by atoms with Crippen LogP contribution in [0.2, 0.25) is 0 Å². The molecule has 0 aliphatic carbocycles. The SMILES string of the molecule is COc1ccc(C(=O)Nc2ccc3oc(=O)n(CCN(C)C)c3c2)cc1S(=O)(=O)NC(C)(C)C. The van der Waals surface area contributed by atoms with Crippen molar-refractivity contribution in [2.24, 2.45) is 0 Å². The van der Waals surface area contributed by atoms with Gasteiger partial charge in [0.05, 0.1) is 12.6 Å². The Kier molecular flexibility index (Phi) is 7.20. The Bertz CT molecular complexity index is 1370. The van der Waals surface area contributed by atoms with E-state index in [9.17, 15) is 18.0 Å². The molecule has 1 aromatic heterocycles. The Morgan fingerprint density at radius 1 is 1.15 bits per heavy atom. The lowest BCUT2D eigenvalue weighted by Crippen LogP contribution is -2.40. The van der Waals surface area contributed by atoms with E-state index in [1.807, 2.05) is 19.0 Å². The molecule has 11 heteroatoms. The summed E-state index contributed by atoms with van der Waals surface area (Å²) in [7, 11) is 1.22. The summed E-state index contributed by atoms with van der Waals surface area (Å²) in [5.41, 5.74) is 0.812. The summed E-state index contributed by atoms with van der Waals surface area (Å²) >= 11 is 0. The summed E-state index contributed by atoms with van der Waals surface area (Å²) < 4.78 is 40.3. The van der Waals surface area contributed by atoms with E-state index in [1.54, 1.807) is 39.0 Å². The van der Waals surface area contributed by atoms with Crippen molar-refractivity contribution in [3.63, 3.8) is 0 Å². The van der Waals surface area contributed by atoms with Gasteiger partial charge in [-0.05, 0) is 71.3 Å². The molecule has 34 heavy (non-hydrogen) atoms. The highest BCUT2D eigenvalue weighted by atomic mass is 32.2. The summed E-state index contributed by atoms with van der Waals surface area (Å²) in [6, 6.07) is 9.05. The van der Waals surface area contributed by atoms with Crippen molar-refractivity contribution < 1.29 is 22.4 Å². The van der Waals surface area contributed by atoms with E-state index in [2.05, 4.69) is 10.0 Å². The lowest BCUT2D eigenvalue weighted by Gasteiger charge is -2.21. The van der Waals surface area contributed by atoms with Crippen molar-refractivity contribution >= 4 is 32.7 Å². The van der Waals surface area contributed by atoms with Gasteiger partial charge in [0.1, 0.15) is 10.6 Å². The van der Waals surface area contributed by atoms with Gasteiger partial charge in [-0.1, -0.05) is 0 Å². The second kappa shape index (κ2) is 9.61. The highest BCUT2D eigenvalue weighted by Gasteiger charge is 2.26. The van der Waals surface area contributed by atoms with Crippen molar-refractivity contribution in [1.29, 1.82) is 0 Å². The van der Waals surface area contributed by atoms with E-state index in [-0.39, 0.29) is 16.2 Å². The van der Waals surface area contributed by atoms with Crippen LogP contribution in [0.25, 0.3) is 11.1 Å². The maximum absolute atomic E-state index is 13.0. The van der Waals surface area contributed by atoms with E-state index in [0.717, 1.165) is 0 Å². The molecule has 0 saturated carbocycles. The van der Waals surface area contributed by atoms with Crippen molar-refractivity contribution in [2.45, 2.75) is 37.8 Å². The molecule has 10 nitrogen and oxygen atoms in total. The first-order chi connectivity index (χ1) is 15.8. The average molecular weight is 491 g/mol. The maximum Gasteiger partial charge on any atom is 0.419 e. The summed E-state index contributed by atoms with van der Waals surface area (Å²) in [5.74, 6) is -0.866. The van der Waals surface area contributed by atoms with E-state index in [1.165, 1.54) is 29.9 Å². The molecule has 0 aliphatic heterocycles. The minimum Gasteiger partial charge on any atom is -0.495 e. The minimum atomic E-state index is -3.94. The van der Waals surface area contributed by atoms with E-state index in [4.69, 9.17) is 9.15 Å². The summed E-state index contributed by atoms with van der Waals surface area (Å²) in [5, 5.41) is 2.75. The average Bonchev–Trinajstić information content (AvgIpc) is 3.04. The smallest absolute Gasteiger partial charge is 0.419 e. The number of fused-ring (bicyclic) bond motifs is 1. The quantitative estimate of drug-likeness (QED) is 0.497. The predicted octanol–water partition coefficient (Wildman–Crippen LogP) is 2.49. The number of anilines is 1. The third-order valence-electron chi connectivity index (χ3n) is 4.85. The van der Waals surface area contributed by atoms with Gasteiger partial charge in [0.25, 0.3) is 5.91 Å². The van der Waals surface area contributed by atoms with Crippen LogP contribution in [-0.2, 0) is 16.6 Å². The molecule has 1 heterocycles. The molecule has 1 amide bonds. The van der Waals surface area contributed by atoms with Crippen LogP contribution in [0.5, 0.6) is 5.75 Å². The number of sulfonamides is 1. The van der Waals surface area contributed by atoms with Crippen LogP contribution in [0.4, 0.5) is 5.69 Å². The molecule has 3 aromatic rings. The van der Waals surface area contributed by atoms with Gasteiger partial charge >= 0.3 is 5.76 Å². The molecule has 184 valence electrons. The number of aromatic nitrogens is 1. The minimum absolute atomic E-state index is 0.123. The number of rotatable bonds is 8. The number of oxazole rings is 1. The monoisotopic (exact) mass is 490 g/mol. The number of amides is 1. The topological polar surface area (TPSA) is 123 Å². The Hall–Kier alpha value is -3.15. The molecule has 0 radical (unpaired) electrons. The first-order valence-corrected chi connectivity index (χ1v) is 12.1. The number of carbonyl (C=O) groups is 1. The Balaban J connectivity index is 1.92. The van der Waals surface area contributed by atoms with Crippen LogP contribution in [0, 0.1) is 0 Å². The third kappa shape index (κ3) is 5.85. The van der Waals surface area contributed by atoms with Crippen LogP contribution in [0.3, 0.4) is 0 Å². The van der Waals surface area contributed by atoms with E-state index < -0.39 is 27.2 Å². The first-order valence-electron chi connectivity index (χ1n) is 10.6. The molecular formula is C23H30N4O6S. The van der Waals surface area contributed by atoms with E-state index >= 15 is 0 Å². The molecular weight excluding hydrogens is 460 g/mol. The molecule has 2 N–H and O–H groups in total. The molecule has 0 bridgehead atoms. The number of nitrogens with zero attached hydrogens (tertiary/aromatic N) is 2. The van der Waals surface area contributed by atoms with Crippen LogP contribution < -0.4 is 20.5 Å². The number of hydrogen-bond acceptors (Lipinski definition) is 7. The number of carbonyl (C=O) groups excluding carboxylic acids is 1. The second-order valence-corrected chi connectivity index (χ2v) is 10.8. The fourth-order valence-corrected chi connectivity index (χ4v) is 4.96. The second-order valence-electron chi connectivity index (χ2n) is 9.18. The lowest BCUT2D eigenvalue weighted by atomic mass is 10.1. The zero-order valence-electron chi connectivity index (χ0n) is 20.1. The van der Waals surface area contributed by atoms with Gasteiger partial charge in [-0.25, -0.2) is 17.9 Å². The maximum atomic E-state index is 13.0. The summed E-state index contributed by atoms with van der Waals surface area (Å²) in [6.07, 6.45) is 0. The largest absolute Gasteiger partial charge is 0.495 e. The summed E-state index contributed by atoms with van der Waals surface area (Å²) in [4.78, 5) is 27.0. The molecule has 0 spiro atoms. The van der Waals surface area contributed by atoms with Crippen LogP contribution in [-0.4, -0.2) is 57.1 Å². The highest BCUT2D eigenvalue weighted by molar-refractivity contribution is 7.89. The van der Waals surface area contributed by atoms with Gasteiger partial charge in [-0.15, -0.1) is 0 Å². The molecule has 0 aliphatic rings. The van der Waals surface area contributed by atoms with Crippen molar-refractivity contribution in [1.82, 2.24) is 14.2 Å². The molecule has 3 rings (SSSR count). The zero-order valence-corrected chi connectivity index (χ0v) is 20.9. The molecule has 0 atom stereocenters. The van der Waals surface area contributed by atoms with E-state index in [0.29, 0.717) is 29.9 Å². The van der Waals surface area contributed by atoms with Gasteiger partial charge in [0.2, 0.25) is 10.0 Å². The Morgan fingerprint density at radius 2 is 1.85 bits per heavy atom. The number of likely N-dealkylation sites (N-methyl/N-ethyl adjacent to an activating group) is 1. The molecule has 2 aromatic carbocycles. The van der Waals surface area contributed by atoms with Gasteiger partial charge in [-0.3, -0.25) is 9.36 Å². The number of methoxy groups -OCH3 is 1. The molecule has 0 unspecified atom stereocenters. The fourth-order valence-electron chi connectivity index (χ4n) is 3.34. The third-order valence-corrected chi connectivity index (χ3v) is 6.63. The van der Waals surface area contributed by atoms with Crippen LogP contribution in [0.15, 0.2) is 50.5 Å². The van der Waals surface area contributed by atoms with Gasteiger partial charge in [0.15, 0.2) is 5.58 Å². The summed E-state index contributed by atoms with van der Waals surface area (Å²) in [6.45, 7) is 6.22. The lowest BCUT2D eigenvalue weighted by molar-refractivity contribution is 0.102. The fraction of sp³-hybridized carbons (Fsp3) is 0.391. The van der Waals surface area contributed by atoms with Crippen LogP contribution >= 0.6 is 0 Å². The number of ether oxygens (including phenoxy) is 1. The zero-order chi connectivity index (χ0) is 25.3. The van der Waals surface area contributed by atoms with Crippen molar-refractivity contribution in [2.75, 3.05) is 33.1 Å². The molecule has 0 saturated heterocycles. The van der Waals surface area contributed by atoms with Gasteiger partial charge in [-0.2, -0.15) is 0 Å². The van der Waals surface area contributed by atoms with Crippen molar-refractivity contribution in [3.8, 4) is 5.75 Å². The van der Waals surface area contributed by atoms with Crippen molar-refractivity contribution in [3.05, 3.63) is 52.5 Å². The molecule has 0 fully saturated rings. The number of nitrogens with one attached hydrogen (secondary N) is 2. The highest BCUT2D eigenvalue weighted by Crippen LogP contribution is 2.27. The normalized spacial score (nSPS) is 12.3. The predicted molar refractivity (Wildman–Crippen MR) is 130 cm³/mol. The Morgan fingerprint density at radius 3 is 2.47 bits per heavy atom. The number of benzene rings is 2. The first kappa shape index (κ1) is 25.5. The van der Waals surface area contributed by atoms with Crippen LogP contribution in [0.1, 0.15) is 31.1 Å². The van der Waals surface area contributed by atoms with Gasteiger partial charge in [0, 0.05) is 29.9 Å². The standard InChI is InChI=1S/C23H30N4O6S/c1-23(2,3)25-34(30,31)20-13-15(7-9-19(20)32-6)21(28)24-16-8-10-18-17(14-16)27(22(29)33-18)12-11-26(4)5/h7-10,13-14,25H,11-12H2,1-6H3,(H,24,28). The van der Waals surface area contributed by atoms with Gasteiger partial charge < -0.3 is 19.4 Å².